The monoisotopic (exact) mass is 237 g/mol. The number of imidazole rings is 1. The Morgan fingerprint density at radius 3 is 2.76 bits per heavy atom. The van der Waals surface area contributed by atoms with Gasteiger partial charge in [0.15, 0.2) is 0 Å². The summed E-state index contributed by atoms with van der Waals surface area (Å²) in [5.74, 6) is -0.674. The number of hydrogen-bond donors (Lipinski definition) is 1. The van der Waals surface area contributed by atoms with Crippen LogP contribution in [0.4, 0.5) is 20.4 Å². The number of rotatable bonds is 3. The Bertz CT molecular complexity index is 535. The molecule has 0 spiro atoms. The summed E-state index contributed by atoms with van der Waals surface area (Å²) < 4.78 is 28.0. The van der Waals surface area contributed by atoms with E-state index in [9.17, 15) is 8.78 Å². The van der Waals surface area contributed by atoms with Crippen molar-refractivity contribution < 1.29 is 8.78 Å². The molecule has 0 unspecified atom stereocenters. The molecule has 0 atom stereocenters. The smallest absolute Gasteiger partial charge is 0.207 e. The van der Waals surface area contributed by atoms with Gasteiger partial charge in [-0.15, -0.1) is 0 Å². The highest BCUT2D eigenvalue weighted by molar-refractivity contribution is 5.54. The van der Waals surface area contributed by atoms with Crippen molar-refractivity contribution in [2.75, 3.05) is 5.32 Å². The van der Waals surface area contributed by atoms with E-state index in [0.717, 1.165) is 18.3 Å². The van der Waals surface area contributed by atoms with Crippen molar-refractivity contribution >= 4 is 11.6 Å². The number of aromatic nitrogens is 2. The minimum Gasteiger partial charge on any atom is -0.323 e. The van der Waals surface area contributed by atoms with Crippen LogP contribution in [0.1, 0.15) is 12.6 Å². The number of hydrogen-bond acceptors (Lipinski definition) is 2. The molecule has 0 bridgehead atoms. The topological polar surface area (TPSA) is 29.9 Å². The molecule has 17 heavy (non-hydrogen) atoms. The summed E-state index contributed by atoms with van der Waals surface area (Å²) in [4.78, 5) is 4.23. The van der Waals surface area contributed by atoms with Crippen LogP contribution in [0, 0.1) is 18.6 Å². The number of benzene rings is 1. The standard InChI is InChI=1S/C12H13F2N3/c1-3-17-7-8(2)15-12(17)16-11-5-4-9(13)6-10(11)14/h4-7H,3H2,1-2H3,(H,15,16). The average molecular weight is 237 g/mol. The molecule has 0 amide bonds. The maximum Gasteiger partial charge on any atom is 0.207 e. The van der Waals surface area contributed by atoms with Crippen molar-refractivity contribution in [3.63, 3.8) is 0 Å². The summed E-state index contributed by atoms with van der Waals surface area (Å²) in [6.45, 7) is 4.55. The van der Waals surface area contributed by atoms with E-state index in [1.807, 2.05) is 24.6 Å². The van der Waals surface area contributed by atoms with Gasteiger partial charge in [0.2, 0.25) is 5.95 Å². The average Bonchev–Trinajstić information content (AvgIpc) is 2.63. The van der Waals surface area contributed by atoms with Crippen LogP contribution in [0.15, 0.2) is 24.4 Å². The Hall–Kier alpha value is -1.91. The van der Waals surface area contributed by atoms with Crippen LogP contribution in [0.5, 0.6) is 0 Å². The lowest BCUT2D eigenvalue weighted by molar-refractivity contribution is 0.585. The molecule has 0 aliphatic carbocycles. The van der Waals surface area contributed by atoms with Gasteiger partial charge >= 0.3 is 0 Å². The molecular formula is C12H13F2N3. The first-order valence-corrected chi connectivity index (χ1v) is 5.36. The molecular weight excluding hydrogens is 224 g/mol. The molecule has 0 aliphatic rings. The van der Waals surface area contributed by atoms with Crippen molar-refractivity contribution in [1.29, 1.82) is 0 Å². The van der Waals surface area contributed by atoms with E-state index in [-0.39, 0.29) is 5.69 Å². The molecule has 0 fully saturated rings. The van der Waals surface area contributed by atoms with Gasteiger partial charge in [-0.2, -0.15) is 0 Å². The normalized spacial score (nSPS) is 10.6. The van der Waals surface area contributed by atoms with E-state index in [1.165, 1.54) is 12.1 Å². The summed E-state index contributed by atoms with van der Waals surface area (Å²) in [7, 11) is 0. The van der Waals surface area contributed by atoms with Crippen LogP contribution in [-0.2, 0) is 6.54 Å². The second-order valence-corrected chi connectivity index (χ2v) is 3.74. The fraction of sp³-hybridized carbons (Fsp3) is 0.250. The first-order chi connectivity index (χ1) is 8.10. The third-order valence-corrected chi connectivity index (χ3v) is 2.42. The van der Waals surface area contributed by atoms with E-state index in [4.69, 9.17) is 0 Å². The predicted molar refractivity (Wildman–Crippen MR) is 62.3 cm³/mol. The van der Waals surface area contributed by atoms with Gasteiger partial charge < -0.3 is 9.88 Å². The molecule has 3 nitrogen and oxygen atoms in total. The molecule has 5 heteroatoms. The third kappa shape index (κ3) is 2.43. The number of halogens is 2. The van der Waals surface area contributed by atoms with Gasteiger partial charge in [-0.05, 0) is 26.0 Å². The van der Waals surface area contributed by atoms with Gasteiger partial charge in [0.1, 0.15) is 11.6 Å². The Morgan fingerprint density at radius 2 is 2.12 bits per heavy atom. The Kier molecular flexibility index (Phi) is 3.08. The molecule has 0 aliphatic heterocycles. The molecule has 0 radical (unpaired) electrons. The van der Waals surface area contributed by atoms with Crippen molar-refractivity contribution in [2.45, 2.75) is 20.4 Å². The minimum absolute atomic E-state index is 0.215. The summed E-state index contributed by atoms with van der Waals surface area (Å²) in [5, 5.41) is 2.85. The van der Waals surface area contributed by atoms with Crippen molar-refractivity contribution in [2.24, 2.45) is 0 Å². The lowest BCUT2D eigenvalue weighted by Crippen LogP contribution is -2.02. The number of nitrogens with one attached hydrogen (secondary N) is 1. The largest absolute Gasteiger partial charge is 0.323 e. The molecule has 1 aromatic carbocycles. The Labute approximate surface area is 98.1 Å². The highest BCUT2D eigenvalue weighted by Crippen LogP contribution is 2.20. The van der Waals surface area contributed by atoms with E-state index in [0.29, 0.717) is 5.95 Å². The van der Waals surface area contributed by atoms with E-state index >= 15 is 0 Å². The first-order valence-electron chi connectivity index (χ1n) is 5.36. The lowest BCUT2D eigenvalue weighted by atomic mass is 10.3. The van der Waals surface area contributed by atoms with Crippen molar-refractivity contribution in [3.05, 3.63) is 41.7 Å². The molecule has 2 rings (SSSR count). The highest BCUT2D eigenvalue weighted by atomic mass is 19.1. The first kappa shape index (κ1) is 11.6. The molecule has 1 aromatic heterocycles. The van der Waals surface area contributed by atoms with Gasteiger partial charge in [-0.25, -0.2) is 13.8 Å². The van der Waals surface area contributed by atoms with Gasteiger partial charge in [0.25, 0.3) is 0 Å². The number of nitrogens with zero attached hydrogens (tertiary/aromatic N) is 2. The van der Waals surface area contributed by atoms with E-state index < -0.39 is 11.6 Å². The van der Waals surface area contributed by atoms with Crippen molar-refractivity contribution in [1.82, 2.24) is 9.55 Å². The summed E-state index contributed by atoms with van der Waals surface area (Å²) in [6, 6.07) is 3.40. The highest BCUT2D eigenvalue weighted by Gasteiger charge is 2.08. The zero-order valence-electron chi connectivity index (χ0n) is 9.67. The van der Waals surface area contributed by atoms with Crippen LogP contribution in [0.3, 0.4) is 0 Å². The fourth-order valence-corrected chi connectivity index (χ4v) is 1.60. The lowest BCUT2D eigenvalue weighted by Gasteiger charge is -2.08. The molecule has 1 N–H and O–H groups in total. The van der Waals surface area contributed by atoms with E-state index in [1.54, 1.807) is 0 Å². The maximum absolute atomic E-state index is 13.4. The van der Waals surface area contributed by atoms with Gasteiger partial charge in [-0.3, -0.25) is 0 Å². The van der Waals surface area contributed by atoms with Crippen LogP contribution in [0.2, 0.25) is 0 Å². The van der Waals surface area contributed by atoms with Crippen LogP contribution in [0.25, 0.3) is 0 Å². The number of anilines is 2. The minimum atomic E-state index is -0.631. The second kappa shape index (κ2) is 4.53. The van der Waals surface area contributed by atoms with Crippen LogP contribution in [-0.4, -0.2) is 9.55 Å². The zero-order valence-corrected chi connectivity index (χ0v) is 9.67. The molecule has 1 heterocycles. The fourth-order valence-electron chi connectivity index (χ4n) is 1.60. The van der Waals surface area contributed by atoms with Crippen molar-refractivity contribution in [3.8, 4) is 0 Å². The maximum atomic E-state index is 13.4. The summed E-state index contributed by atoms with van der Waals surface area (Å²) >= 11 is 0. The summed E-state index contributed by atoms with van der Waals surface area (Å²) in [6.07, 6.45) is 1.86. The third-order valence-electron chi connectivity index (χ3n) is 2.42. The molecule has 0 saturated carbocycles. The second-order valence-electron chi connectivity index (χ2n) is 3.74. The zero-order chi connectivity index (χ0) is 12.4. The van der Waals surface area contributed by atoms with Crippen LogP contribution < -0.4 is 5.32 Å². The quantitative estimate of drug-likeness (QED) is 0.888. The Balaban J connectivity index is 2.30. The predicted octanol–water partition coefficient (Wildman–Crippen LogP) is 3.23. The van der Waals surface area contributed by atoms with Crippen LogP contribution >= 0.6 is 0 Å². The summed E-state index contributed by atoms with van der Waals surface area (Å²) in [5.41, 5.74) is 1.06. The Morgan fingerprint density at radius 1 is 1.35 bits per heavy atom. The molecule has 2 aromatic rings. The van der Waals surface area contributed by atoms with E-state index in [2.05, 4.69) is 10.3 Å². The van der Waals surface area contributed by atoms with Gasteiger partial charge in [0.05, 0.1) is 11.4 Å². The van der Waals surface area contributed by atoms with Gasteiger partial charge in [0, 0.05) is 18.8 Å². The SMILES string of the molecule is CCn1cc(C)nc1Nc1ccc(F)cc1F. The van der Waals surface area contributed by atoms with Gasteiger partial charge in [-0.1, -0.05) is 0 Å². The molecule has 0 saturated heterocycles. The number of aryl methyl sites for hydroxylation is 2. The molecule has 90 valence electrons.